The summed E-state index contributed by atoms with van der Waals surface area (Å²) in [7, 11) is 0. The van der Waals surface area contributed by atoms with Crippen LogP contribution in [0.15, 0.2) is 77.6 Å². The first kappa shape index (κ1) is 16.1. The van der Waals surface area contributed by atoms with Gasteiger partial charge in [-0.1, -0.05) is 36.9 Å². The Morgan fingerprint density at radius 1 is 1.08 bits per heavy atom. The number of aromatic amines is 1. The summed E-state index contributed by atoms with van der Waals surface area (Å²) in [4.78, 5) is 26.1. The van der Waals surface area contributed by atoms with Gasteiger partial charge in [-0.2, -0.15) is 0 Å². The van der Waals surface area contributed by atoms with Gasteiger partial charge in [0, 0.05) is 29.0 Å². The Labute approximate surface area is 149 Å². The molecule has 1 aromatic heterocycles. The van der Waals surface area contributed by atoms with Crippen LogP contribution >= 0.6 is 0 Å². The Hall–Kier alpha value is -3.34. The predicted octanol–water partition coefficient (Wildman–Crippen LogP) is 3.31. The van der Waals surface area contributed by atoms with Crippen molar-refractivity contribution in [3.8, 4) is 5.75 Å². The third-order valence-corrected chi connectivity index (χ3v) is 4.54. The molecule has 0 amide bonds. The van der Waals surface area contributed by atoms with Gasteiger partial charge < -0.3 is 14.5 Å². The topological polar surface area (TPSA) is 68.4 Å². The zero-order valence-electron chi connectivity index (χ0n) is 14.0. The van der Waals surface area contributed by atoms with Gasteiger partial charge in [0.05, 0.1) is 0 Å². The fourth-order valence-electron chi connectivity index (χ4n) is 3.19. The largest absolute Gasteiger partial charge is 0.489 e. The Balaban J connectivity index is 1.63. The first-order valence-electron chi connectivity index (χ1n) is 8.28. The monoisotopic (exact) mass is 347 g/mol. The second-order valence-electron chi connectivity index (χ2n) is 6.39. The number of benzene rings is 2. The lowest BCUT2D eigenvalue weighted by molar-refractivity contribution is -0.150. The van der Waals surface area contributed by atoms with Crippen LogP contribution in [0.3, 0.4) is 0 Å². The van der Waals surface area contributed by atoms with Crippen LogP contribution in [0.25, 0.3) is 10.9 Å². The van der Waals surface area contributed by atoms with Crippen molar-refractivity contribution in [3.63, 3.8) is 0 Å². The molecule has 1 atom stereocenters. The van der Waals surface area contributed by atoms with E-state index in [4.69, 9.17) is 9.47 Å². The molecule has 1 unspecified atom stereocenters. The van der Waals surface area contributed by atoms with Crippen molar-refractivity contribution in [1.82, 2.24) is 4.98 Å². The maximum absolute atomic E-state index is 12.0. The lowest BCUT2D eigenvalue weighted by Crippen LogP contribution is -2.33. The fourth-order valence-corrected chi connectivity index (χ4v) is 3.19. The molecule has 3 aromatic rings. The van der Waals surface area contributed by atoms with E-state index < -0.39 is 11.6 Å². The van der Waals surface area contributed by atoms with Gasteiger partial charge in [-0.05, 0) is 29.8 Å². The van der Waals surface area contributed by atoms with Crippen LogP contribution < -0.4 is 10.3 Å². The third kappa shape index (κ3) is 2.88. The molecule has 1 fully saturated rings. The summed E-state index contributed by atoms with van der Waals surface area (Å²) in [5.74, 6) is 0.238. The summed E-state index contributed by atoms with van der Waals surface area (Å²) in [6, 6.07) is 18.2. The molecule has 0 bridgehead atoms. The van der Waals surface area contributed by atoms with Gasteiger partial charge in [-0.3, -0.25) is 4.79 Å². The van der Waals surface area contributed by atoms with Crippen LogP contribution in [0.1, 0.15) is 12.0 Å². The lowest BCUT2D eigenvalue weighted by Gasteiger charge is -2.28. The first-order chi connectivity index (χ1) is 12.6. The zero-order chi connectivity index (χ0) is 18.1. The van der Waals surface area contributed by atoms with Crippen molar-refractivity contribution in [3.05, 3.63) is 88.7 Å². The molecule has 0 saturated carbocycles. The number of fused-ring (bicyclic) bond motifs is 1. The number of hydrogen-bond acceptors (Lipinski definition) is 4. The van der Waals surface area contributed by atoms with Crippen LogP contribution in [0.4, 0.5) is 0 Å². The summed E-state index contributed by atoms with van der Waals surface area (Å²) in [5, 5.41) is 0.865. The van der Waals surface area contributed by atoms with Crippen LogP contribution in [0, 0.1) is 0 Å². The molecule has 5 heteroatoms. The van der Waals surface area contributed by atoms with Crippen molar-refractivity contribution < 1.29 is 14.3 Å². The fraction of sp³-hybridized carbons (Fsp3) is 0.143. The van der Waals surface area contributed by atoms with E-state index in [0.717, 1.165) is 16.5 Å². The number of cyclic esters (lactones) is 1. The summed E-state index contributed by atoms with van der Waals surface area (Å²) >= 11 is 0. The van der Waals surface area contributed by atoms with E-state index >= 15 is 0 Å². The smallest absolute Gasteiger partial charge is 0.334 e. The van der Waals surface area contributed by atoms with Gasteiger partial charge in [0.2, 0.25) is 5.56 Å². The van der Waals surface area contributed by atoms with Crippen LogP contribution in [-0.4, -0.2) is 17.6 Å². The van der Waals surface area contributed by atoms with Crippen LogP contribution in [0.2, 0.25) is 0 Å². The van der Waals surface area contributed by atoms with E-state index in [2.05, 4.69) is 11.6 Å². The predicted molar refractivity (Wildman–Crippen MR) is 98.0 cm³/mol. The van der Waals surface area contributed by atoms with Crippen molar-refractivity contribution in [2.75, 3.05) is 6.61 Å². The number of carbonyl (C=O) groups is 1. The number of esters is 1. The molecule has 0 aliphatic carbocycles. The maximum atomic E-state index is 12.0. The van der Waals surface area contributed by atoms with Crippen molar-refractivity contribution >= 4 is 16.9 Å². The number of ether oxygens (including phenoxy) is 2. The molecule has 1 saturated heterocycles. The summed E-state index contributed by atoms with van der Waals surface area (Å²) < 4.78 is 11.6. The molecule has 0 spiro atoms. The molecular formula is C21H17NO4. The van der Waals surface area contributed by atoms with Crippen LogP contribution in [0.5, 0.6) is 5.75 Å². The summed E-state index contributed by atoms with van der Waals surface area (Å²) in [5.41, 5.74) is 1.02. The summed E-state index contributed by atoms with van der Waals surface area (Å²) in [6.45, 7) is 3.97. The van der Waals surface area contributed by atoms with Gasteiger partial charge in [0.1, 0.15) is 12.4 Å². The number of carbonyl (C=O) groups excluding carboxylic acids is 1. The summed E-state index contributed by atoms with van der Waals surface area (Å²) in [6.07, 6.45) is 0.386. The molecule has 2 heterocycles. The van der Waals surface area contributed by atoms with Gasteiger partial charge in [-0.25, -0.2) is 4.79 Å². The van der Waals surface area contributed by atoms with Gasteiger partial charge in [-0.15, -0.1) is 0 Å². The molecule has 4 rings (SSSR count). The van der Waals surface area contributed by atoms with Crippen molar-refractivity contribution in [2.45, 2.75) is 12.0 Å². The third-order valence-electron chi connectivity index (χ3n) is 4.54. The SMILES string of the molecule is C=C1CC(COc2ccc3[nH]c(=O)ccc3c2)(c2ccccc2)OC1=O. The minimum atomic E-state index is -0.880. The Bertz CT molecular complexity index is 1040. The second kappa shape index (κ2) is 6.19. The number of H-pyrrole nitrogens is 1. The quantitative estimate of drug-likeness (QED) is 0.581. The lowest BCUT2D eigenvalue weighted by atomic mass is 9.90. The highest BCUT2D eigenvalue weighted by Crippen LogP contribution is 2.39. The zero-order valence-corrected chi connectivity index (χ0v) is 14.0. The van der Waals surface area contributed by atoms with E-state index in [0.29, 0.717) is 17.7 Å². The average Bonchev–Trinajstić information content (AvgIpc) is 2.96. The average molecular weight is 347 g/mol. The molecular weight excluding hydrogens is 330 g/mol. The molecule has 130 valence electrons. The van der Waals surface area contributed by atoms with Gasteiger partial charge in [0.15, 0.2) is 5.60 Å². The van der Waals surface area contributed by atoms with E-state index in [1.54, 1.807) is 18.2 Å². The number of hydrogen-bond donors (Lipinski definition) is 1. The number of pyridine rings is 1. The van der Waals surface area contributed by atoms with Gasteiger partial charge in [0.25, 0.3) is 0 Å². The maximum Gasteiger partial charge on any atom is 0.334 e. The Morgan fingerprint density at radius 3 is 2.62 bits per heavy atom. The molecule has 1 N–H and O–H groups in total. The second-order valence-corrected chi connectivity index (χ2v) is 6.39. The highest BCUT2D eigenvalue weighted by molar-refractivity contribution is 5.90. The van der Waals surface area contributed by atoms with E-state index in [-0.39, 0.29) is 12.2 Å². The molecule has 2 aromatic carbocycles. The first-order valence-corrected chi connectivity index (χ1v) is 8.28. The highest BCUT2D eigenvalue weighted by atomic mass is 16.6. The minimum Gasteiger partial charge on any atom is -0.489 e. The van der Waals surface area contributed by atoms with E-state index in [9.17, 15) is 9.59 Å². The molecule has 1 aliphatic heterocycles. The molecule has 5 nitrogen and oxygen atoms in total. The molecule has 26 heavy (non-hydrogen) atoms. The Kier molecular flexibility index (Phi) is 3.84. The number of rotatable bonds is 4. The minimum absolute atomic E-state index is 0.148. The van der Waals surface area contributed by atoms with Gasteiger partial charge >= 0.3 is 5.97 Å². The van der Waals surface area contributed by atoms with Crippen molar-refractivity contribution in [1.29, 1.82) is 0 Å². The standard InChI is InChI=1S/C21H17NO4/c1-14-12-21(26-20(14)24,16-5-3-2-4-6-16)13-25-17-8-9-18-15(11-17)7-10-19(23)22-18/h2-11H,1,12-13H2,(H,22,23). The normalized spacial score (nSPS) is 19.5. The van der Waals surface area contributed by atoms with E-state index in [1.165, 1.54) is 6.07 Å². The van der Waals surface area contributed by atoms with Crippen molar-refractivity contribution in [2.24, 2.45) is 0 Å². The molecule has 0 radical (unpaired) electrons. The van der Waals surface area contributed by atoms with E-state index in [1.807, 2.05) is 36.4 Å². The Morgan fingerprint density at radius 2 is 1.88 bits per heavy atom. The highest BCUT2D eigenvalue weighted by Gasteiger charge is 2.45. The molecule has 1 aliphatic rings. The number of aromatic nitrogens is 1. The number of nitrogens with one attached hydrogen (secondary N) is 1. The van der Waals surface area contributed by atoms with Crippen LogP contribution in [-0.2, 0) is 15.1 Å².